The number of benzene rings is 3. The summed E-state index contributed by atoms with van der Waals surface area (Å²) in [5.41, 5.74) is 2.25. The maximum absolute atomic E-state index is 11.8. The van der Waals surface area contributed by atoms with Gasteiger partial charge in [-0.2, -0.15) is 0 Å². The Morgan fingerprint density at radius 1 is 1.13 bits per heavy atom. The van der Waals surface area contributed by atoms with Gasteiger partial charge in [0.05, 0.1) is 25.7 Å². The van der Waals surface area contributed by atoms with Crippen LogP contribution in [0.2, 0.25) is 0 Å². The predicted octanol–water partition coefficient (Wildman–Crippen LogP) is 5.13. The summed E-state index contributed by atoms with van der Waals surface area (Å²) in [5, 5.41) is 12.0. The number of rotatable bonds is 7. The van der Waals surface area contributed by atoms with E-state index in [1.54, 1.807) is 7.11 Å². The van der Waals surface area contributed by atoms with E-state index in [0.717, 1.165) is 24.9 Å². The van der Waals surface area contributed by atoms with Gasteiger partial charge in [-0.25, -0.2) is 0 Å². The van der Waals surface area contributed by atoms with Gasteiger partial charge in [-0.3, -0.25) is 9.69 Å². The fraction of sp³-hybridized carbons (Fsp3) is 0.346. The van der Waals surface area contributed by atoms with E-state index in [9.17, 15) is 9.90 Å². The van der Waals surface area contributed by atoms with Crippen molar-refractivity contribution in [2.45, 2.75) is 25.8 Å². The van der Waals surface area contributed by atoms with E-state index >= 15 is 0 Å². The van der Waals surface area contributed by atoms with E-state index in [4.69, 9.17) is 9.47 Å². The predicted molar refractivity (Wildman–Crippen MR) is 122 cm³/mol. The third-order valence-electron chi connectivity index (χ3n) is 6.09. The molecule has 31 heavy (non-hydrogen) atoms. The Hall–Kier alpha value is -3.05. The monoisotopic (exact) mass is 419 g/mol. The van der Waals surface area contributed by atoms with Gasteiger partial charge < -0.3 is 14.6 Å². The topological polar surface area (TPSA) is 59.0 Å². The fourth-order valence-corrected chi connectivity index (χ4v) is 4.65. The molecule has 1 aliphatic rings. The third kappa shape index (κ3) is 4.37. The Balaban J connectivity index is 1.84. The highest BCUT2D eigenvalue weighted by Gasteiger charge is 2.32. The van der Waals surface area contributed by atoms with Crippen molar-refractivity contribution in [2.24, 2.45) is 5.92 Å². The van der Waals surface area contributed by atoms with Gasteiger partial charge in [-0.05, 0) is 60.3 Å². The van der Waals surface area contributed by atoms with Gasteiger partial charge in [0, 0.05) is 6.54 Å². The van der Waals surface area contributed by atoms with Gasteiger partial charge in [-0.1, -0.05) is 48.5 Å². The van der Waals surface area contributed by atoms with Gasteiger partial charge in [-0.15, -0.1) is 0 Å². The van der Waals surface area contributed by atoms with Crippen LogP contribution in [0.15, 0.2) is 60.7 Å². The zero-order valence-corrected chi connectivity index (χ0v) is 18.1. The van der Waals surface area contributed by atoms with E-state index in [2.05, 4.69) is 47.4 Å². The highest BCUT2D eigenvalue weighted by molar-refractivity contribution is 5.86. The Labute approximate surface area is 183 Å². The number of nitrogens with zero attached hydrogens (tertiary/aromatic N) is 1. The molecule has 0 aliphatic carbocycles. The van der Waals surface area contributed by atoms with Crippen molar-refractivity contribution in [3.05, 3.63) is 71.8 Å². The van der Waals surface area contributed by atoms with Gasteiger partial charge in [0.1, 0.15) is 0 Å². The number of hydrogen-bond acceptors (Lipinski definition) is 4. The summed E-state index contributed by atoms with van der Waals surface area (Å²) in [6, 6.07) is 20.7. The molecule has 0 saturated carbocycles. The Morgan fingerprint density at radius 2 is 1.94 bits per heavy atom. The smallest absolute Gasteiger partial charge is 0.307 e. The second-order valence-electron chi connectivity index (χ2n) is 7.99. The molecular weight excluding hydrogens is 390 g/mol. The molecule has 1 saturated heterocycles. The van der Waals surface area contributed by atoms with Crippen LogP contribution >= 0.6 is 0 Å². The van der Waals surface area contributed by atoms with Crippen molar-refractivity contribution in [1.82, 2.24) is 4.90 Å². The number of hydrogen-bond donors (Lipinski definition) is 1. The minimum absolute atomic E-state index is 0.0715. The normalized spacial score (nSPS) is 17.9. The molecule has 0 radical (unpaired) electrons. The summed E-state index contributed by atoms with van der Waals surface area (Å²) in [6.45, 7) is 3.90. The molecule has 1 aliphatic heterocycles. The summed E-state index contributed by atoms with van der Waals surface area (Å²) < 4.78 is 11.3. The standard InChI is InChI=1S/C26H29NO4/c1-3-31-23-14-13-19(16-24(23)30-2)25(27-15-7-10-20(17-27)26(28)29)22-12-6-9-18-8-4-5-11-21(18)22/h4-6,8-9,11-14,16,20,25H,3,7,10,15,17H2,1-2H3,(H,28,29). The largest absolute Gasteiger partial charge is 0.493 e. The van der Waals surface area contributed by atoms with E-state index in [0.29, 0.717) is 24.7 Å². The molecule has 2 unspecified atom stereocenters. The first-order chi connectivity index (χ1) is 15.1. The van der Waals surface area contributed by atoms with Crippen molar-refractivity contribution in [3.63, 3.8) is 0 Å². The number of methoxy groups -OCH3 is 1. The first-order valence-electron chi connectivity index (χ1n) is 10.9. The zero-order valence-electron chi connectivity index (χ0n) is 18.1. The number of carboxylic acid groups (broad SMARTS) is 1. The molecule has 5 heteroatoms. The number of carboxylic acids is 1. The van der Waals surface area contributed by atoms with E-state index in [1.807, 2.05) is 25.1 Å². The van der Waals surface area contributed by atoms with E-state index in [1.165, 1.54) is 16.3 Å². The molecular formula is C26H29NO4. The molecule has 3 aromatic rings. The summed E-state index contributed by atoms with van der Waals surface area (Å²) in [5.74, 6) is 0.338. The molecule has 3 aromatic carbocycles. The maximum atomic E-state index is 11.8. The zero-order chi connectivity index (χ0) is 21.8. The number of likely N-dealkylation sites (tertiary alicyclic amines) is 1. The molecule has 0 spiro atoms. The number of aliphatic carboxylic acids is 1. The van der Waals surface area contributed by atoms with Crippen LogP contribution in [0.5, 0.6) is 11.5 Å². The van der Waals surface area contributed by atoms with Crippen LogP contribution in [0.3, 0.4) is 0 Å². The van der Waals surface area contributed by atoms with Crippen LogP contribution in [0.25, 0.3) is 10.8 Å². The average molecular weight is 420 g/mol. The van der Waals surface area contributed by atoms with Crippen molar-refractivity contribution >= 4 is 16.7 Å². The molecule has 4 rings (SSSR count). The number of piperidine rings is 1. The summed E-state index contributed by atoms with van der Waals surface area (Å²) in [7, 11) is 1.65. The van der Waals surface area contributed by atoms with Crippen molar-refractivity contribution < 1.29 is 19.4 Å². The van der Waals surface area contributed by atoms with E-state index in [-0.39, 0.29) is 12.0 Å². The third-order valence-corrected chi connectivity index (χ3v) is 6.09. The average Bonchev–Trinajstić information content (AvgIpc) is 2.80. The van der Waals surface area contributed by atoms with Gasteiger partial charge in [0.25, 0.3) is 0 Å². The van der Waals surface area contributed by atoms with Crippen molar-refractivity contribution in [1.29, 1.82) is 0 Å². The van der Waals surface area contributed by atoms with E-state index < -0.39 is 5.97 Å². The highest BCUT2D eigenvalue weighted by Crippen LogP contribution is 2.39. The first-order valence-corrected chi connectivity index (χ1v) is 10.9. The molecule has 0 amide bonds. The minimum Gasteiger partial charge on any atom is -0.493 e. The Kier molecular flexibility index (Phi) is 6.42. The minimum atomic E-state index is -0.717. The lowest BCUT2D eigenvalue weighted by Crippen LogP contribution is -2.41. The summed E-state index contributed by atoms with van der Waals surface area (Å²) in [6.07, 6.45) is 1.59. The van der Waals surface area contributed by atoms with Crippen LogP contribution < -0.4 is 9.47 Å². The molecule has 1 N–H and O–H groups in total. The maximum Gasteiger partial charge on any atom is 0.307 e. The molecule has 2 atom stereocenters. The van der Waals surface area contributed by atoms with Gasteiger partial charge >= 0.3 is 5.97 Å². The van der Waals surface area contributed by atoms with Crippen LogP contribution in [0, 0.1) is 5.92 Å². The molecule has 1 fully saturated rings. The quantitative estimate of drug-likeness (QED) is 0.575. The van der Waals surface area contributed by atoms with Crippen LogP contribution in [0.4, 0.5) is 0 Å². The Bertz CT molecular complexity index is 1060. The summed E-state index contributed by atoms with van der Waals surface area (Å²) >= 11 is 0. The van der Waals surface area contributed by atoms with Gasteiger partial charge in [0.2, 0.25) is 0 Å². The second kappa shape index (κ2) is 9.40. The molecule has 0 aromatic heterocycles. The highest BCUT2D eigenvalue weighted by atomic mass is 16.5. The Morgan fingerprint density at radius 3 is 2.71 bits per heavy atom. The molecule has 162 valence electrons. The molecule has 5 nitrogen and oxygen atoms in total. The molecule has 1 heterocycles. The lowest BCUT2D eigenvalue weighted by molar-refractivity contribution is -0.143. The van der Waals surface area contributed by atoms with Gasteiger partial charge in [0.15, 0.2) is 11.5 Å². The van der Waals surface area contributed by atoms with Crippen molar-refractivity contribution in [2.75, 3.05) is 26.8 Å². The number of carbonyl (C=O) groups is 1. The second-order valence-corrected chi connectivity index (χ2v) is 7.99. The molecule has 0 bridgehead atoms. The first kappa shape index (κ1) is 21.2. The van der Waals surface area contributed by atoms with Crippen molar-refractivity contribution in [3.8, 4) is 11.5 Å². The number of fused-ring (bicyclic) bond motifs is 1. The lowest BCUT2D eigenvalue weighted by Gasteiger charge is -2.38. The lowest BCUT2D eigenvalue weighted by atomic mass is 9.89. The van der Waals surface area contributed by atoms with Crippen LogP contribution in [-0.2, 0) is 4.79 Å². The van der Waals surface area contributed by atoms with Crippen LogP contribution in [-0.4, -0.2) is 42.8 Å². The SMILES string of the molecule is CCOc1ccc(C(c2cccc3ccccc23)N2CCCC(C(=O)O)C2)cc1OC. The van der Waals surface area contributed by atoms with Crippen LogP contribution in [0.1, 0.15) is 36.9 Å². The number of ether oxygens (including phenoxy) is 2. The summed E-state index contributed by atoms with van der Waals surface area (Å²) in [4.78, 5) is 14.1. The fourth-order valence-electron chi connectivity index (χ4n) is 4.65.